The van der Waals surface area contributed by atoms with E-state index >= 15 is 0 Å². The second-order valence-electron chi connectivity index (χ2n) is 4.73. The molecule has 2 aromatic carbocycles. The van der Waals surface area contributed by atoms with Gasteiger partial charge in [0.05, 0.1) is 5.69 Å². The Labute approximate surface area is 128 Å². The Morgan fingerprint density at radius 2 is 1.81 bits per heavy atom. The molecule has 0 aromatic heterocycles. The normalized spacial score (nSPS) is 10.2. The van der Waals surface area contributed by atoms with Crippen molar-refractivity contribution in [3.8, 4) is 0 Å². The highest BCUT2D eigenvalue weighted by molar-refractivity contribution is 6.19. The lowest BCUT2D eigenvalue weighted by molar-refractivity contribution is -0.115. The van der Waals surface area contributed by atoms with Gasteiger partial charge in [0, 0.05) is 23.4 Å². The van der Waals surface area contributed by atoms with Gasteiger partial charge in [-0.15, -0.1) is 11.6 Å². The summed E-state index contributed by atoms with van der Waals surface area (Å²) in [5.74, 6) is -0.0592. The van der Waals surface area contributed by atoms with Gasteiger partial charge in [0.15, 0.2) is 5.78 Å². The lowest BCUT2D eigenvalue weighted by Gasteiger charge is -2.11. The van der Waals surface area contributed by atoms with Gasteiger partial charge in [0.25, 0.3) is 0 Å². The molecule has 0 heterocycles. The number of hydrogen-bond acceptors (Lipinski definition) is 2. The van der Waals surface area contributed by atoms with Crippen LogP contribution in [0.1, 0.15) is 27.9 Å². The zero-order chi connectivity index (χ0) is 15.2. The number of alkyl halides is 1. The second kappa shape index (κ2) is 7.04. The molecule has 108 valence electrons. The van der Waals surface area contributed by atoms with Gasteiger partial charge in [-0.3, -0.25) is 9.59 Å². The minimum Gasteiger partial charge on any atom is -0.325 e. The predicted octanol–water partition coefficient (Wildman–Crippen LogP) is 3.79. The molecular formula is C17H16ClNO2. The third-order valence-corrected chi connectivity index (χ3v) is 3.24. The van der Waals surface area contributed by atoms with Crippen molar-refractivity contribution in [1.29, 1.82) is 0 Å². The number of carbonyl (C=O) groups excluding carboxylic acids is 2. The van der Waals surface area contributed by atoms with E-state index in [-0.39, 0.29) is 24.0 Å². The number of nitrogens with one attached hydrogen (secondary N) is 1. The summed E-state index contributed by atoms with van der Waals surface area (Å²) in [6, 6.07) is 14.4. The highest BCUT2D eigenvalue weighted by Crippen LogP contribution is 2.21. The molecule has 1 N–H and O–H groups in total. The first-order valence-corrected chi connectivity index (χ1v) is 7.21. The SMILES string of the molecule is Cc1ccc(NC(=O)CCCl)c(C(=O)c2ccccc2)c1. The maximum Gasteiger partial charge on any atom is 0.225 e. The Morgan fingerprint density at radius 1 is 1.10 bits per heavy atom. The van der Waals surface area contributed by atoms with Crippen molar-refractivity contribution in [3.05, 3.63) is 65.2 Å². The van der Waals surface area contributed by atoms with Crippen molar-refractivity contribution in [2.75, 3.05) is 11.2 Å². The van der Waals surface area contributed by atoms with Crippen LogP contribution in [-0.4, -0.2) is 17.6 Å². The minimum absolute atomic E-state index is 0.111. The Hall–Kier alpha value is -2.13. The van der Waals surface area contributed by atoms with Gasteiger partial charge in [-0.25, -0.2) is 0 Å². The first-order valence-electron chi connectivity index (χ1n) is 6.68. The Balaban J connectivity index is 2.35. The zero-order valence-electron chi connectivity index (χ0n) is 11.7. The topological polar surface area (TPSA) is 46.2 Å². The van der Waals surface area contributed by atoms with Crippen molar-refractivity contribution in [2.24, 2.45) is 0 Å². The summed E-state index contributed by atoms with van der Waals surface area (Å²) >= 11 is 5.56. The summed E-state index contributed by atoms with van der Waals surface area (Å²) in [5, 5.41) is 2.75. The molecule has 1 amide bonds. The molecule has 2 aromatic rings. The van der Waals surface area contributed by atoms with Crippen molar-refractivity contribution in [1.82, 2.24) is 0 Å². The van der Waals surface area contributed by atoms with Crippen LogP contribution in [0.15, 0.2) is 48.5 Å². The summed E-state index contributed by atoms with van der Waals surface area (Å²) in [4.78, 5) is 24.3. The molecule has 0 unspecified atom stereocenters. The number of carbonyl (C=O) groups is 2. The first kappa shape index (κ1) is 15.3. The molecule has 0 saturated carbocycles. The maximum atomic E-state index is 12.6. The Morgan fingerprint density at radius 3 is 2.48 bits per heavy atom. The monoisotopic (exact) mass is 301 g/mol. The van der Waals surface area contributed by atoms with E-state index in [1.165, 1.54) is 0 Å². The van der Waals surface area contributed by atoms with Crippen molar-refractivity contribution < 1.29 is 9.59 Å². The van der Waals surface area contributed by atoms with Crippen LogP contribution < -0.4 is 5.32 Å². The van der Waals surface area contributed by atoms with Crippen LogP contribution >= 0.6 is 11.6 Å². The molecule has 0 fully saturated rings. The van der Waals surface area contributed by atoms with E-state index in [1.807, 2.05) is 31.2 Å². The number of aryl methyl sites for hydroxylation is 1. The molecule has 0 aliphatic rings. The average molecular weight is 302 g/mol. The van der Waals surface area contributed by atoms with E-state index in [0.717, 1.165) is 5.56 Å². The number of hydrogen-bond donors (Lipinski definition) is 1. The van der Waals surface area contributed by atoms with Gasteiger partial charge >= 0.3 is 0 Å². The first-order chi connectivity index (χ1) is 10.1. The minimum atomic E-state index is -0.198. The molecule has 0 saturated heterocycles. The second-order valence-corrected chi connectivity index (χ2v) is 5.11. The number of benzene rings is 2. The summed E-state index contributed by atoms with van der Waals surface area (Å²) in [7, 11) is 0. The van der Waals surface area contributed by atoms with Crippen molar-refractivity contribution >= 4 is 29.0 Å². The van der Waals surface area contributed by atoms with Gasteiger partial charge < -0.3 is 5.32 Å². The van der Waals surface area contributed by atoms with Crippen LogP contribution in [0, 0.1) is 6.92 Å². The highest BCUT2D eigenvalue weighted by Gasteiger charge is 2.15. The number of anilines is 1. The van der Waals surface area contributed by atoms with Crippen LogP contribution in [0.4, 0.5) is 5.69 Å². The molecule has 21 heavy (non-hydrogen) atoms. The molecule has 0 bridgehead atoms. The quantitative estimate of drug-likeness (QED) is 0.674. The molecule has 0 spiro atoms. The summed E-state index contributed by atoms with van der Waals surface area (Å²) < 4.78 is 0. The van der Waals surface area contributed by atoms with E-state index in [2.05, 4.69) is 5.32 Å². The van der Waals surface area contributed by atoms with Crippen LogP contribution in [0.2, 0.25) is 0 Å². The molecule has 4 heteroatoms. The Bertz CT molecular complexity index is 653. The van der Waals surface area contributed by atoms with Crippen LogP contribution in [-0.2, 0) is 4.79 Å². The largest absolute Gasteiger partial charge is 0.325 e. The van der Waals surface area contributed by atoms with E-state index in [1.54, 1.807) is 24.3 Å². The van der Waals surface area contributed by atoms with Crippen molar-refractivity contribution in [2.45, 2.75) is 13.3 Å². The van der Waals surface area contributed by atoms with E-state index in [4.69, 9.17) is 11.6 Å². The number of halogens is 1. The number of amides is 1. The fraction of sp³-hybridized carbons (Fsp3) is 0.176. The smallest absolute Gasteiger partial charge is 0.225 e. The van der Waals surface area contributed by atoms with Crippen molar-refractivity contribution in [3.63, 3.8) is 0 Å². The van der Waals surface area contributed by atoms with Gasteiger partial charge in [-0.2, -0.15) is 0 Å². The standard InChI is InChI=1S/C17H16ClNO2/c1-12-7-8-15(19-16(20)9-10-18)14(11-12)17(21)13-5-3-2-4-6-13/h2-8,11H,9-10H2,1H3,(H,19,20). The average Bonchev–Trinajstić information content (AvgIpc) is 2.49. The molecule has 0 aliphatic carbocycles. The molecule has 0 atom stereocenters. The number of ketones is 1. The van der Waals surface area contributed by atoms with Crippen LogP contribution in [0.5, 0.6) is 0 Å². The van der Waals surface area contributed by atoms with E-state index < -0.39 is 0 Å². The van der Waals surface area contributed by atoms with Gasteiger partial charge in [0.1, 0.15) is 0 Å². The fourth-order valence-corrected chi connectivity index (χ4v) is 2.17. The van der Waals surface area contributed by atoms with E-state index in [9.17, 15) is 9.59 Å². The molecule has 0 radical (unpaired) electrons. The van der Waals surface area contributed by atoms with E-state index in [0.29, 0.717) is 16.8 Å². The lowest BCUT2D eigenvalue weighted by Crippen LogP contribution is -2.15. The van der Waals surface area contributed by atoms with Gasteiger partial charge in [-0.05, 0) is 19.1 Å². The molecule has 2 rings (SSSR count). The molecule has 0 aliphatic heterocycles. The van der Waals surface area contributed by atoms with Crippen LogP contribution in [0.25, 0.3) is 0 Å². The molecular weight excluding hydrogens is 286 g/mol. The summed E-state index contributed by atoms with van der Waals surface area (Å²) in [6.45, 7) is 1.91. The third-order valence-electron chi connectivity index (χ3n) is 3.05. The predicted molar refractivity (Wildman–Crippen MR) is 85.0 cm³/mol. The van der Waals surface area contributed by atoms with Crippen LogP contribution in [0.3, 0.4) is 0 Å². The van der Waals surface area contributed by atoms with Gasteiger partial charge in [0.2, 0.25) is 5.91 Å². The third kappa shape index (κ3) is 3.92. The highest BCUT2D eigenvalue weighted by atomic mass is 35.5. The summed E-state index contributed by atoms with van der Waals surface area (Å²) in [5.41, 5.74) is 2.56. The number of rotatable bonds is 5. The fourth-order valence-electron chi connectivity index (χ4n) is 2.00. The van der Waals surface area contributed by atoms with Gasteiger partial charge in [-0.1, -0.05) is 42.0 Å². The lowest BCUT2D eigenvalue weighted by atomic mass is 9.99. The summed E-state index contributed by atoms with van der Waals surface area (Å²) in [6.07, 6.45) is 0.217. The molecule has 3 nitrogen and oxygen atoms in total. The Kier molecular flexibility index (Phi) is 5.12. The zero-order valence-corrected chi connectivity index (χ0v) is 12.5. The maximum absolute atomic E-state index is 12.6.